The summed E-state index contributed by atoms with van der Waals surface area (Å²) in [5.74, 6) is 0.341. The standard InChI is InChI=1S/C16H17F3N2O/c1-2-13(20)8-11-6-7-15(21-10-11)22-14-5-3-4-12(9-14)16(17,18)19/h3-7,9-10,13H,2,8,20H2,1H3. The van der Waals surface area contributed by atoms with E-state index < -0.39 is 11.7 Å². The van der Waals surface area contributed by atoms with Gasteiger partial charge in [0.2, 0.25) is 5.88 Å². The molecule has 1 heterocycles. The lowest BCUT2D eigenvalue weighted by molar-refractivity contribution is -0.137. The Morgan fingerprint density at radius 2 is 2.00 bits per heavy atom. The number of hydrogen-bond donors (Lipinski definition) is 1. The van der Waals surface area contributed by atoms with Crippen molar-refractivity contribution >= 4 is 0 Å². The van der Waals surface area contributed by atoms with Gasteiger partial charge in [-0.1, -0.05) is 19.1 Å². The van der Waals surface area contributed by atoms with E-state index in [2.05, 4.69) is 4.98 Å². The van der Waals surface area contributed by atoms with Crippen LogP contribution >= 0.6 is 0 Å². The Labute approximate surface area is 126 Å². The summed E-state index contributed by atoms with van der Waals surface area (Å²) in [5.41, 5.74) is 6.07. The fourth-order valence-corrected chi connectivity index (χ4v) is 1.90. The first-order chi connectivity index (χ1) is 10.4. The van der Waals surface area contributed by atoms with Gasteiger partial charge < -0.3 is 10.5 Å². The molecular formula is C16H17F3N2O. The molecule has 0 spiro atoms. The molecule has 3 nitrogen and oxygen atoms in total. The smallest absolute Gasteiger partial charge is 0.416 e. The number of rotatable bonds is 5. The molecule has 0 fully saturated rings. The van der Waals surface area contributed by atoms with Crippen LogP contribution in [0.4, 0.5) is 13.2 Å². The fourth-order valence-electron chi connectivity index (χ4n) is 1.90. The summed E-state index contributed by atoms with van der Waals surface area (Å²) in [7, 11) is 0. The summed E-state index contributed by atoms with van der Waals surface area (Å²) in [6.07, 6.45) is -1.21. The second kappa shape index (κ2) is 6.79. The molecule has 2 rings (SSSR count). The SMILES string of the molecule is CCC(N)Cc1ccc(Oc2cccc(C(F)(F)F)c2)nc1. The van der Waals surface area contributed by atoms with Crippen molar-refractivity contribution < 1.29 is 17.9 Å². The highest BCUT2D eigenvalue weighted by Gasteiger charge is 2.30. The average Bonchev–Trinajstić information content (AvgIpc) is 2.48. The van der Waals surface area contributed by atoms with E-state index in [0.29, 0.717) is 6.42 Å². The van der Waals surface area contributed by atoms with E-state index in [1.54, 1.807) is 12.3 Å². The van der Waals surface area contributed by atoms with E-state index in [-0.39, 0.29) is 17.7 Å². The third kappa shape index (κ3) is 4.46. The number of aromatic nitrogens is 1. The van der Waals surface area contributed by atoms with Crippen LogP contribution in [0, 0.1) is 0 Å². The van der Waals surface area contributed by atoms with Crippen LogP contribution in [0.3, 0.4) is 0 Å². The zero-order valence-corrected chi connectivity index (χ0v) is 12.1. The second-order valence-electron chi connectivity index (χ2n) is 5.00. The number of nitrogens with two attached hydrogens (primary N) is 1. The highest BCUT2D eigenvalue weighted by atomic mass is 19.4. The first-order valence-electron chi connectivity index (χ1n) is 6.94. The van der Waals surface area contributed by atoms with Crippen LogP contribution in [-0.4, -0.2) is 11.0 Å². The molecule has 6 heteroatoms. The molecule has 0 aliphatic carbocycles. The Bertz CT molecular complexity index is 612. The van der Waals surface area contributed by atoms with E-state index in [9.17, 15) is 13.2 Å². The Kier molecular flexibility index (Phi) is 5.03. The van der Waals surface area contributed by atoms with Crippen molar-refractivity contribution in [3.05, 3.63) is 53.7 Å². The molecule has 0 aliphatic heterocycles. The first kappa shape index (κ1) is 16.3. The summed E-state index contributed by atoms with van der Waals surface area (Å²) >= 11 is 0. The molecule has 22 heavy (non-hydrogen) atoms. The molecular weight excluding hydrogens is 293 g/mol. The molecule has 0 saturated carbocycles. The molecule has 1 atom stereocenters. The summed E-state index contributed by atoms with van der Waals surface area (Å²) in [6, 6.07) is 8.20. The van der Waals surface area contributed by atoms with Crippen molar-refractivity contribution in [1.29, 1.82) is 0 Å². The number of benzene rings is 1. The predicted molar refractivity (Wildman–Crippen MR) is 77.7 cm³/mol. The minimum absolute atomic E-state index is 0.0667. The Hall–Kier alpha value is -2.08. The van der Waals surface area contributed by atoms with Gasteiger partial charge in [0.05, 0.1) is 5.56 Å². The van der Waals surface area contributed by atoms with Crippen LogP contribution in [0.15, 0.2) is 42.6 Å². The zero-order valence-electron chi connectivity index (χ0n) is 12.1. The second-order valence-corrected chi connectivity index (χ2v) is 5.00. The van der Waals surface area contributed by atoms with Crippen molar-refractivity contribution in [2.45, 2.75) is 32.0 Å². The van der Waals surface area contributed by atoms with E-state index in [1.807, 2.05) is 13.0 Å². The minimum atomic E-state index is -4.40. The van der Waals surface area contributed by atoms with Gasteiger partial charge in [-0.05, 0) is 36.6 Å². The summed E-state index contributed by atoms with van der Waals surface area (Å²) in [6.45, 7) is 2.00. The highest BCUT2D eigenvalue weighted by Crippen LogP contribution is 2.32. The van der Waals surface area contributed by atoms with Crippen molar-refractivity contribution in [3.63, 3.8) is 0 Å². The molecule has 1 aromatic heterocycles. The summed E-state index contributed by atoms with van der Waals surface area (Å²) in [4.78, 5) is 4.09. The maximum atomic E-state index is 12.6. The number of ether oxygens (including phenoxy) is 1. The van der Waals surface area contributed by atoms with Gasteiger partial charge in [-0.15, -0.1) is 0 Å². The van der Waals surface area contributed by atoms with Crippen LogP contribution in [0.1, 0.15) is 24.5 Å². The summed E-state index contributed by atoms with van der Waals surface area (Å²) < 4.78 is 43.3. The van der Waals surface area contributed by atoms with Crippen LogP contribution in [0.2, 0.25) is 0 Å². The Balaban J connectivity index is 2.08. The molecule has 2 aromatic rings. The van der Waals surface area contributed by atoms with Gasteiger partial charge in [0.15, 0.2) is 0 Å². The van der Waals surface area contributed by atoms with Crippen LogP contribution < -0.4 is 10.5 Å². The summed E-state index contributed by atoms with van der Waals surface area (Å²) in [5, 5.41) is 0. The van der Waals surface area contributed by atoms with E-state index in [1.165, 1.54) is 12.1 Å². The molecule has 0 radical (unpaired) electrons. The molecule has 0 bridgehead atoms. The number of pyridine rings is 1. The van der Waals surface area contributed by atoms with Gasteiger partial charge in [0.1, 0.15) is 5.75 Å². The monoisotopic (exact) mass is 310 g/mol. The average molecular weight is 310 g/mol. The maximum absolute atomic E-state index is 12.6. The van der Waals surface area contributed by atoms with Gasteiger partial charge in [-0.25, -0.2) is 4.98 Å². The largest absolute Gasteiger partial charge is 0.439 e. The number of hydrogen-bond acceptors (Lipinski definition) is 3. The number of nitrogens with zero attached hydrogens (tertiary/aromatic N) is 1. The highest BCUT2D eigenvalue weighted by molar-refractivity contribution is 5.33. The quantitative estimate of drug-likeness (QED) is 0.901. The predicted octanol–water partition coefficient (Wildman–Crippen LogP) is 4.17. The van der Waals surface area contributed by atoms with Gasteiger partial charge >= 0.3 is 6.18 Å². The van der Waals surface area contributed by atoms with Gasteiger partial charge in [-0.3, -0.25) is 0 Å². The van der Waals surface area contributed by atoms with E-state index in [4.69, 9.17) is 10.5 Å². The van der Waals surface area contributed by atoms with Crippen molar-refractivity contribution in [1.82, 2.24) is 4.98 Å². The third-order valence-corrected chi connectivity index (χ3v) is 3.20. The van der Waals surface area contributed by atoms with Crippen molar-refractivity contribution in [2.75, 3.05) is 0 Å². The fraction of sp³-hybridized carbons (Fsp3) is 0.312. The zero-order chi connectivity index (χ0) is 16.2. The molecule has 0 amide bonds. The van der Waals surface area contributed by atoms with E-state index >= 15 is 0 Å². The molecule has 0 saturated heterocycles. The van der Waals surface area contributed by atoms with E-state index in [0.717, 1.165) is 24.1 Å². The van der Waals surface area contributed by atoms with Crippen LogP contribution in [0.25, 0.3) is 0 Å². The van der Waals surface area contributed by atoms with Gasteiger partial charge in [0.25, 0.3) is 0 Å². The number of halogens is 3. The normalized spacial score (nSPS) is 13.0. The first-order valence-corrected chi connectivity index (χ1v) is 6.94. The number of alkyl halides is 3. The Morgan fingerprint density at radius 3 is 2.59 bits per heavy atom. The maximum Gasteiger partial charge on any atom is 0.416 e. The molecule has 1 aromatic carbocycles. The van der Waals surface area contributed by atoms with Crippen molar-refractivity contribution in [2.24, 2.45) is 5.73 Å². The van der Waals surface area contributed by atoms with Gasteiger partial charge in [0, 0.05) is 18.3 Å². The molecule has 0 aliphatic rings. The Morgan fingerprint density at radius 1 is 1.23 bits per heavy atom. The molecule has 118 valence electrons. The minimum Gasteiger partial charge on any atom is -0.439 e. The van der Waals surface area contributed by atoms with Crippen molar-refractivity contribution in [3.8, 4) is 11.6 Å². The van der Waals surface area contributed by atoms with Crippen LogP contribution in [0.5, 0.6) is 11.6 Å². The van der Waals surface area contributed by atoms with Crippen LogP contribution in [-0.2, 0) is 12.6 Å². The lowest BCUT2D eigenvalue weighted by Gasteiger charge is -2.11. The lowest BCUT2D eigenvalue weighted by atomic mass is 10.1. The third-order valence-electron chi connectivity index (χ3n) is 3.20. The van der Waals surface area contributed by atoms with Gasteiger partial charge in [-0.2, -0.15) is 13.2 Å². The molecule has 2 N–H and O–H groups in total. The molecule has 1 unspecified atom stereocenters. The lowest BCUT2D eigenvalue weighted by Crippen LogP contribution is -2.21. The topological polar surface area (TPSA) is 48.1 Å².